The van der Waals surface area contributed by atoms with Crippen LogP contribution in [0.2, 0.25) is 0 Å². The number of carbonyl (C=O) groups is 1. The normalized spacial score (nSPS) is 28.6. The largest absolute Gasteiger partial charge is 0.457 e. The molecule has 11 unspecified atom stereocenters. The molecule has 2 fully saturated rings. The maximum absolute atomic E-state index is 12.9. The summed E-state index contributed by atoms with van der Waals surface area (Å²) in [5, 5.41) is 71.7. The lowest BCUT2D eigenvalue weighted by molar-refractivity contribution is -0.332. The summed E-state index contributed by atoms with van der Waals surface area (Å²) in [5.41, 5.74) is 0. The lowest BCUT2D eigenvalue weighted by atomic mass is 9.98. The maximum Gasteiger partial charge on any atom is 0.306 e. The van der Waals surface area contributed by atoms with E-state index in [0.717, 1.165) is 51.4 Å². The van der Waals surface area contributed by atoms with E-state index in [1.807, 2.05) is 6.08 Å². The summed E-state index contributed by atoms with van der Waals surface area (Å²) in [6.07, 6.45) is 20.3. The highest BCUT2D eigenvalue weighted by molar-refractivity contribution is 5.69. The summed E-state index contributed by atoms with van der Waals surface area (Å²) in [6.45, 7) is 3.43. The second kappa shape index (κ2) is 33.3. The molecule has 14 nitrogen and oxygen atoms in total. The third-order valence-electron chi connectivity index (χ3n) is 10.0. The number of esters is 1. The first kappa shape index (κ1) is 52.8. The molecule has 2 heterocycles. The van der Waals surface area contributed by atoms with Gasteiger partial charge in [0.2, 0.25) is 0 Å². The van der Waals surface area contributed by atoms with Gasteiger partial charge in [-0.2, -0.15) is 0 Å². The molecule has 2 saturated heterocycles. The molecule has 14 heteroatoms. The molecule has 340 valence electrons. The van der Waals surface area contributed by atoms with Crippen molar-refractivity contribution < 1.29 is 69.0 Å². The van der Waals surface area contributed by atoms with Crippen LogP contribution in [0.1, 0.15) is 117 Å². The highest BCUT2D eigenvalue weighted by atomic mass is 16.7. The van der Waals surface area contributed by atoms with Crippen LogP contribution in [0, 0.1) is 0 Å². The van der Waals surface area contributed by atoms with Crippen LogP contribution >= 0.6 is 0 Å². The lowest BCUT2D eigenvalue weighted by Crippen LogP contribution is -2.61. The molecule has 0 spiro atoms. The van der Waals surface area contributed by atoms with E-state index in [4.69, 9.17) is 28.4 Å². The quantitative estimate of drug-likeness (QED) is 0.0280. The van der Waals surface area contributed by atoms with Crippen molar-refractivity contribution in [1.82, 2.24) is 0 Å². The maximum atomic E-state index is 12.9. The summed E-state index contributed by atoms with van der Waals surface area (Å²) in [6, 6.07) is 0. The van der Waals surface area contributed by atoms with Crippen LogP contribution in [-0.2, 0) is 33.2 Å². The van der Waals surface area contributed by atoms with Crippen molar-refractivity contribution in [2.45, 2.75) is 184 Å². The Bertz CT molecular complexity index is 1210. The third kappa shape index (κ3) is 22.4. The number of allylic oxidation sites excluding steroid dienone is 10. The van der Waals surface area contributed by atoms with Crippen LogP contribution in [0.15, 0.2) is 60.8 Å². The van der Waals surface area contributed by atoms with Gasteiger partial charge in [-0.15, -0.1) is 0 Å². The monoisotopic (exact) mass is 841 g/mol. The minimum absolute atomic E-state index is 0.0364. The van der Waals surface area contributed by atoms with Crippen LogP contribution in [0.5, 0.6) is 0 Å². The van der Waals surface area contributed by atoms with Gasteiger partial charge in [-0.1, -0.05) is 120 Å². The fraction of sp³-hybridized carbons (Fsp3) is 0.756. The molecule has 0 saturated carbocycles. The number of aliphatic hydroxyl groups excluding tert-OH is 7. The summed E-state index contributed by atoms with van der Waals surface area (Å²) < 4.78 is 34.0. The molecule has 0 bridgehead atoms. The third-order valence-corrected chi connectivity index (χ3v) is 10.0. The second-order valence-corrected chi connectivity index (χ2v) is 15.1. The Morgan fingerprint density at radius 2 is 1.08 bits per heavy atom. The van der Waals surface area contributed by atoms with E-state index in [1.54, 1.807) is 0 Å². The van der Waals surface area contributed by atoms with Crippen molar-refractivity contribution in [3.8, 4) is 0 Å². The van der Waals surface area contributed by atoms with Crippen molar-refractivity contribution in [1.29, 1.82) is 0 Å². The van der Waals surface area contributed by atoms with Gasteiger partial charge < -0.3 is 64.2 Å². The van der Waals surface area contributed by atoms with Gasteiger partial charge in [0.05, 0.1) is 26.4 Å². The zero-order valence-corrected chi connectivity index (χ0v) is 35.5. The molecule has 0 radical (unpaired) electrons. The van der Waals surface area contributed by atoms with Crippen molar-refractivity contribution >= 4 is 5.97 Å². The number of hydrogen-bond acceptors (Lipinski definition) is 14. The van der Waals surface area contributed by atoms with Crippen molar-refractivity contribution in [3.63, 3.8) is 0 Å². The van der Waals surface area contributed by atoms with Gasteiger partial charge in [0.25, 0.3) is 0 Å². The first-order valence-electron chi connectivity index (χ1n) is 21.9. The van der Waals surface area contributed by atoms with Crippen molar-refractivity contribution in [3.05, 3.63) is 60.8 Å². The van der Waals surface area contributed by atoms with E-state index in [-0.39, 0.29) is 19.6 Å². The molecule has 0 aliphatic carbocycles. The van der Waals surface area contributed by atoms with Crippen molar-refractivity contribution in [2.24, 2.45) is 0 Å². The fourth-order valence-corrected chi connectivity index (χ4v) is 6.44. The number of hydrogen-bond donors (Lipinski definition) is 7. The zero-order valence-electron chi connectivity index (χ0n) is 35.5. The summed E-state index contributed by atoms with van der Waals surface area (Å²) >= 11 is 0. The van der Waals surface area contributed by atoms with Crippen molar-refractivity contribution in [2.75, 3.05) is 33.0 Å². The molecule has 2 rings (SSSR count). The van der Waals surface area contributed by atoms with Crippen LogP contribution in [0.25, 0.3) is 0 Å². The van der Waals surface area contributed by atoms with Gasteiger partial charge in [0.1, 0.15) is 54.9 Å². The van der Waals surface area contributed by atoms with E-state index in [9.17, 15) is 40.5 Å². The molecule has 0 aromatic carbocycles. The van der Waals surface area contributed by atoms with Gasteiger partial charge in [0, 0.05) is 13.0 Å². The van der Waals surface area contributed by atoms with Crippen LogP contribution in [0.4, 0.5) is 0 Å². The topological polar surface area (TPSA) is 214 Å². The highest BCUT2D eigenvalue weighted by Crippen LogP contribution is 2.26. The predicted molar refractivity (Wildman–Crippen MR) is 224 cm³/mol. The number of unbranched alkanes of at least 4 members (excludes halogenated alkanes) is 8. The molecule has 7 N–H and O–H groups in total. The molecule has 59 heavy (non-hydrogen) atoms. The Hall–Kier alpha value is -2.31. The highest BCUT2D eigenvalue weighted by Gasteiger charge is 2.47. The standard InChI is InChI=1S/C45H76O14/c1-3-5-7-9-11-13-14-15-16-17-18-19-20-21-22-24-26-28-37(47)57-34(31-54-29-27-25-23-12-10-8-6-4-2)32-55-44-43(53)41(51)39(49)36(59-44)33-56-45-42(52)40(50)38(48)35(30-46)58-45/h5,7,11,13,15-16,18-19,21-22,34-36,38-46,48-53H,3-4,6,8-10,12,14,17,20,23-33H2,1-2H3/b7-5-,13-11-,16-15-,19-18-,22-21-. The lowest BCUT2D eigenvalue weighted by Gasteiger charge is -2.42. The Morgan fingerprint density at radius 1 is 0.576 bits per heavy atom. The molecular formula is C45H76O14. The van der Waals surface area contributed by atoms with Gasteiger partial charge in [-0.3, -0.25) is 4.79 Å². The smallest absolute Gasteiger partial charge is 0.306 e. The van der Waals surface area contributed by atoms with Gasteiger partial charge in [-0.05, 0) is 51.4 Å². The van der Waals surface area contributed by atoms with Crippen LogP contribution < -0.4 is 0 Å². The van der Waals surface area contributed by atoms with Gasteiger partial charge in [-0.25, -0.2) is 0 Å². The first-order valence-corrected chi connectivity index (χ1v) is 21.9. The summed E-state index contributed by atoms with van der Waals surface area (Å²) in [7, 11) is 0. The van der Waals surface area contributed by atoms with E-state index in [1.165, 1.54) is 32.1 Å². The Balaban J connectivity index is 1.84. The summed E-state index contributed by atoms with van der Waals surface area (Å²) in [5.74, 6) is -0.437. The Labute approximate surface area is 352 Å². The summed E-state index contributed by atoms with van der Waals surface area (Å²) in [4.78, 5) is 12.9. The van der Waals surface area contributed by atoms with Gasteiger partial charge in [0.15, 0.2) is 12.6 Å². The van der Waals surface area contributed by atoms with E-state index in [0.29, 0.717) is 19.4 Å². The van der Waals surface area contributed by atoms with Gasteiger partial charge >= 0.3 is 5.97 Å². The average Bonchev–Trinajstić information content (AvgIpc) is 3.23. The molecule has 2 aliphatic heterocycles. The molecule has 0 amide bonds. The molecule has 11 atom stereocenters. The minimum Gasteiger partial charge on any atom is -0.457 e. The molecular weight excluding hydrogens is 764 g/mol. The Morgan fingerprint density at radius 3 is 1.66 bits per heavy atom. The zero-order chi connectivity index (χ0) is 43.1. The van der Waals surface area contributed by atoms with E-state index in [2.05, 4.69) is 68.5 Å². The molecule has 0 aromatic rings. The average molecular weight is 841 g/mol. The minimum atomic E-state index is -1.72. The SMILES string of the molecule is CC/C=C\C/C=C\C/C=C\C/C=C\C/C=C\CCCC(=O)OC(COCCCCCCCCCC)COC1OC(COC2OC(CO)C(O)C(O)C2O)C(O)C(O)C1O. The van der Waals surface area contributed by atoms with E-state index >= 15 is 0 Å². The Kier molecular flexibility index (Phi) is 29.8. The predicted octanol–water partition coefficient (Wildman–Crippen LogP) is 4.62. The molecule has 2 aliphatic rings. The number of ether oxygens (including phenoxy) is 6. The molecule has 0 aromatic heterocycles. The fourth-order valence-electron chi connectivity index (χ4n) is 6.44. The van der Waals surface area contributed by atoms with Crippen LogP contribution in [-0.4, -0.2) is 142 Å². The van der Waals surface area contributed by atoms with E-state index < -0.39 is 86.7 Å². The number of carbonyl (C=O) groups excluding carboxylic acids is 1. The number of rotatable bonds is 32. The first-order chi connectivity index (χ1) is 28.6. The number of aliphatic hydroxyl groups is 7. The van der Waals surface area contributed by atoms with Crippen LogP contribution in [0.3, 0.4) is 0 Å². The second-order valence-electron chi connectivity index (χ2n) is 15.1.